The zero-order valence-corrected chi connectivity index (χ0v) is 7.96. The Bertz CT molecular complexity index is 245. The molecule has 1 rings (SSSR count). The fourth-order valence-electron chi connectivity index (χ4n) is 1.19. The van der Waals surface area contributed by atoms with Gasteiger partial charge in [0.25, 0.3) is 0 Å². The molecule has 0 saturated carbocycles. The molecule has 0 fully saturated rings. The van der Waals surface area contributed by atoms with Gasteiger partial charge < -0.3 is 10.2 Å². The number of nitrogens with one attached hydrogen (secondary N) is 1. The van der Waals surface area contributed by atoms with Gasteiger partial charge in [0.15, 0.2) is 0 Å². The Hall–Kier alpha value is -1.02. The van der Waals surface area contributed by atoms with Gasteiger partial charge in [-0.1, -0.05) is 12.1 Å². The van der Waals surface area contributed by atoms with Gasteiger partial charge in [-0.25, -0.2) is 0 Å². The van der Waals surface area contributed by atoms with E-state index in [1.54, 1.807) is 0 Å². The summed E-state index contributed by atoms with van der Waals surface area (Å²) >= 11 is 0. The summed E-state index contributed by atoms with van der Waals surface area (Å²) in [4.78, 5) is 2.17. The number of hydrogen-bond donors (Lipinski definition) is 1. The van der Waals surface area contributed by atoms with Crippen LogP contribution in [0.1, 0.15) is 5.56 Å². The lowest BCUT2D eigenvalue weighted by atomic mass is 10.2. The Labute approximate surface area is 74.2 Å². The number of benzene rings is 1. The van der Waals surface area contributed by atoms with Crippen LogP contribution < -0.4 is 10.2 Å². The molecular weight excluding hydrogens is 148 g/mol. The average molecular weight is 164 g/mol. The van der Waals surface area contributed by atoms with E-state index in [0.29, 0.717) is 0 Å². The van der Waals surface area contributed by atoms with E-state index in [1.807, 2.05) is 7.05 Å². The van der Waals surface area contributed by atoms with E-state index in [1.165, 1.54) is 11.3 Å². The molecule has 1 aromatic carbocycles. The fourth-order valence-corrected chi connectivity index (χ4v) is 1.19. The second-order valence-electron chi connectivity index (χ2n) is 3.05. The first-order valence-corrected chi connectivity index (χ1v) is 4.16. The van der Waals surface area contributed by atoms with Crippen molar-refractivity contribution in [3.63, 3.8) is 0 Å². The highest BCUT2D eigenvalue weighted by Gasteiger charge is 1.97. The number of hydrogen-bond acceptors (Lipinski definition) is 2. The molecule has 66 valence electrons. The van der Waals surface area contributed by atoms with Crippen LogP contribution in [0.25, 0.3) is 0 Å². The van der Waals surface area contributed by atoms with Crippen molar-refractivity contribution in [2.75, 3.05) is 25.7 Å². The van der Waals surface area contributed by atoms with Gasteiger partial charge in [0.1, 0.15) is 0 Å². The largest absolute Gasteiger partial charge is 0.362 e. The topological polar surface area (TPSA) is 15.3 Å². The molecule has 0 aliphatic heterocycles. The summed E-state index contributed by atoms with van der Waals surface area (Å²) in [5.74, 6) is 0. The molecule has 0 amide bonds. The summed E-state index contributed by atoms with van der Waals surface area (Å²) in [6.07, 6.45) is 0. The number of rotatable bonds is 3. The van der Waals surface area contributed by atoms with E-state index < -0.39 is 0 Å². The van der Waals surface area contributed by atoms with E-state index in [0.717, 1.165) is 6.67 Å². The molecule has 0 aliphatic carbocycles. The standard InChI is InChI=1S/C10H16N2/c1-9-5-4-6-10(7-9)12(3)8-11-2/h4-7,11H,8H2,1-3H3. The quantitative estimate of drug-likeness (QED) is 0.683. The molecule has 0 unspecified atom stereocenters. The first-order chi connectivity index (χ1) is 5.74. The summed E-state index contributed by atoms with van der Waals surface area (Å²) in [7, 11) is 4.03. The van der Waals surface area contributed by atoms with E-state index in [9.17, 15) is 0 Å². The monoisotopic (exact) mass is 164 g/mol. The minimum Gasteiger partial charge on any atom is -0.362 e. The normalized spacial score (nSPS) is 9.92. The Morgan fingerprint density at radius 2 is 2.17 bits per heavy atom. The van der Waals surface area contributed by atoms with Crippen molar-refractivity contribution in [3.8, 4) is 0 Å². The number of aryl methyl sites for hydroxylation is 1. The van der Waals surface area contributed by atoms with E-state index in [2.05, 4.69) is 48.5 Å². The third-order valence-corrected chi connectivity index (χ3v) is 1.84. The zero-order valence-electron chi connectivity index (χ0n) is 7.96. The lowest BCUT2D eigenvalue weighted by Crippen LogP contribution is -2.28. The highest BCUT2D eigenvalue weighted by molar-refractivity contribution is 5.47. The first kappa shape index (κ1) is 9.07. The lowest BCUT2D eigenvalue weighted by Gasteiger charge is -2.18. The van der Waals surface area contributed by atoms with E-state index >= 15 is 0 Å². The van der Waals surface area contributed by atoms with Crippen LogP contribution in [0.4, 0.5) is 5.69 Å². The first-order valence-electron chi connectivity index (χ1n) is 4.16. The second-order valence-corrected chi connectivity index (χ2v) is 3.05. The van der Waals surface area contributed by atoms with Crippen LogP contribution in [0.15, 0.2) is 24.3 Å². The smallest absolute Gasteiger partial charge is 0.0676 e. The maximum absolute atomic E-state index is 3.11. The zero-order chi connectivity index (χ0) is 8.97. The van der Waals surface area contributed by atoms with Crippen LogP contribution >= 0.6 is 0 Å². The fraction of sp³-hybridized carbons (Fsp3) is 0.400. The molecule has 0 aliphatic rings. The van der Waals surface area contributed by atoms with Gasteiger partial charge in [0.05, 0.1) is 6.67 Å². The summed E-state index contributed by atoms with van der Waals surface area (Å²) in [5, 5.41) is 3.11. The van der Waals surface area contributed by atoms with Crippen molar-refractivity contribution in [2.24, 2.45) is 0 Å². The Morgan fingerprint density at radius 3 is 2.75 bits per heavy atom. The molecular formula is C10H16N2. The maximum Gasteiger partial charge on any atom is 0.0676 e. The minimum absolute atomic E-state index is 0.878. The van der Waals surface area contributed by atoms with Gasteiger partial charge in [0.2, 0.25) is 0 Å². The Balaban J connectivity index is 2.73. The van der Waals surface area contributed by atoms with Gasteiger partial charge in [0, 0.05) is 12.7 Å². The maximum atomic E-state index is 3.11. The minimum atomic E-state index is 0.878. The van der Waals surface area contributed by atoms with Gasteiger partial charge in [-0.3, -0.25) is 0 Å². The molecule has 0 aromatic heterocycles. The third-order valence-electron chi connectivity index (χ3n) is 1.84. The van der Waals surface area contributed by atoms with E-state index in [-0.39, 0.29) is 0 Å². The van der Waals surface area contributed by atoms with Gasteiger partial charge >= 0.3 is 0 Å². The molecule has 2 heteroatoms. The predicted molar refractivity (Wildman–Crippen MR) is 53.5 cm³/mol. The van der Waals surface area contributed by atoms with Gasteiger partial charge in [-0.2, -0.15) is 0 Å². The lowest BCUT2D eigenvalue weighted by molar-refractivity contribution is 0.776. The highest BCUT2D eigenvalue weighted by atomic mass is 15.2. The summed E-state index contributed by atoms with van der Waals surface area (Å²) in [5.41, 5.74) is 2.56. The molecule has 1 N–H and O–H groups in total. The van der Waals surface area contributed by atoms with Crippen LogP contribution in [0, 0.1) is 6.92 Å². The SMILES string of the molecule is CNCN(C)c1cccc(C)c1. The van der Waals surface area contributed by atoms with Crippen LogP contribution in [0.5, 0.6) is 0 Å². The average Bonchev–Trinajstić information content (AvgIpc) is 2.05. The van der Waals surface area contributed by atoms with Gasteiger partial charge in [-0.15, -0.1) is 0 Å². The molecule has 0 atom stereocenters. The summed E-state index contributed by atoms with van der Waals surface area (Å²) in [6, 6.07) is 8.48. The predicted octanol–water partition coefficient (Wildman–Crippen LogP) is 1.61. The van der Waals surface area contributed by atoms with Crippen molar-refractivity contribution in [3.05, 3.63) is 29.8 Å². The Kier molecular flexibility index (Phi) is 3.11. The van der Waals surface area contributed by atoms with Gasteiger partial charge in [-0.05, 0) is 31.7 Å². The van der Waals surface area contributed by atoms with Crippen LogP contribution in [0.3, 0.4) is 0 Å². The highest BCUT2D eigenvalue weighted by Crippen LogP contribution is 2.12. The molecule has 0 bridgehead atoms. The van der Waals surface area contributed by atoms with Crippen molar-refractivity contribution >= 4 is 5.69 Å². The Morgan fingerprint density at radius 1 is 1.42 bits per heavy atom. The van der Waals surface area contributed by atoms with Crippen molar-refractivity contribution in [2.45, 2.75) is 6.92 Å². The molecule has 0 heterocycles. The molecule has 0 radical (unpaired) electrons. The van der Waals surface area contributed by atoms with E-state index in [4.69, 9.17) is 0 Å². The van der Waals surface area contributed by atoms with Crippen LogP contribution in [0.2, 0.25) is 0 Å². The van der Waals surface area contributed by atoms with Crippen LogP contribution in [-0.2, 0) is 0 Å². The molecule has 1 aromatic rings. The summed E-state index contributed by atoms with van der Waals surface area (Å²) in [6.45, 7) is 2.99. The van der Waals surface area contributed by atoms with Crippen molar-refractivity contribution in [1.29, 1.82) is 0 Å². The third kappa shape index (κ3) is 2.24. The second kappa shape index (κ2) is 4.12. The van der Waals surface area contributed by atoms with Crippen molar-refractivity contribution in [1.82, 2.24) is 5.32 Å². The number of anilines is 1. The summed E-state index contributed by atoms with van der Waals surface area (Å²) < 4.78 is 0. The molecule has 2 nitrogen and oxygen atoms in total. The number of nitrogens with zero attached hydrogens (tertiary/aromatic N) is 1. The van der Waals surface area contributed by atoms with Crippen molar-refractivity contribution < 1.29 is 0 Å². The molecule has 0 saturated heterocycles. The molecule has 0 spiro atoms. The molecule has 12 heavy (non-hydrogen) atoms. The van der Waals surface area contributed by atoms with Crippen LogP contribution in [-0.4, -0.2) is 20.8 Å².